The fraction of sp³-hybridized carbons (Fsp3) is 0.933. The normalized spacial score (nSPS) is 26.9. The molecule has 0 aromatic rings. The van der Waals surface area contributed by atoms with Gasteiger partial charge in [-0.15, -0.1) is 0 Å². The zero-order chi connectivity index (χ0) is 14.8. The van der Waals surface area contributed by atoms with Crippen molar-refractivity contribution in [2.75, 3.05) is 26.4 Å². The quantitative estimate of drug-likeness (QED) is 0.858. The maximum atomic E-state index is 11.2. The predicted molar refractivity (Wildman–Crippen MR) is 75.9 cm³/mol. The Hall–Kier alpha value is -0.650. The fourth-order valence-electron chi connectivity index (χ4n) is 3.42. The summed E-state index contributed by atoms with van der Waals surface area (Å²) in [5.41, 5.74) is -0.240. The molecule has 5 heteroatoms. The van der Waals surface area contributed by atoms with E-state index in [-0.39, 0.29) is 23.7 Å². The monoisotopic (exact) mass is 285 g/mol. The molecule has 0 radical (unpaired) electrons. The first kappa shape index (κ1) is 15.7. The van der Waals surface area contributed by atoms with E-state index in [1.807, 2.05) is 0 Å². The van der Waals surface area contributed by atoms with Crippen LogP contribution in [0, 0.1) is 0 Å². The van der Waals surface area contributed by atoms with E-state index >= 15 is 0 Å². The van der Waals surface area contributed by atoms with Gasteiger partial charge in [0, 0.05) is 31.4 Å². The Balaban J connectivity index is 2.10. The molecule has 0 amide bonds. The number of ether oxygens (including phenoxy) is 2. The Kier molecular flexibility index (Phi) is 4.72. The maximum Gasteiger partial charge on any atom is 0.317 e. The van der Waals surface area contributed by atoms with Gasteiger partial charge in [-0.3, -0.25) is 9.69 Å². The van der Waals surface area contributed by atoms with Crippen LogP contribution in [0.3, 0.4) is 0 Å². The number of nitrogens with zero attached hydrogens (tertiary/aromatic N) is 1. The van der Waals surface area contributed by atoms with Crippen LogP contribution in [-0.2, 0) is 14.3 Å². The Morgan fingerprint density at radius 2 is 1.95 bits per heavy atom. The minimum Gasteiger partial charge on any atom is -0.480 e. The zero-order valence-electron chi connectivity index (χ0n) is 12.9. The van der Waals surface area contributed by atoms with Crippen LogP contribution < -0.4 is 0 Å². The lowest BCUT2D eigenvalue weighted by molar-refractivity contribution is -0.163. The van der Waals surface area contributed by atoms with Gasteiger partial charge in [0.15, 0.2) is 0 Å². The van der Waals surface area contributed by atoms with Crippen molar-refractivity contribution in [3.8, 4) is 0 Å². The van der Waals surface area contributed by atoms with Crippen molar-refractivity contribution in [1.82, 2.24) is 4.90 Å². The summed E-state index contributed by atoms with van der Waals surface area (Å²) in [6, 6.07) is 0.276. The second kappa shape index (κ2) is 6.00. The molecule has 0 saturated carbocycles. The average Bonchev–Trinajstić information content (AvgIpc) is 2.35. The van der Waals surface area contributed by atoms with Gasteiger partial charge in [-0.25, -0.2) is 0 Å². The molecule has 0 aromatic heterocycles. The van der Waals surface area contributed by atoms with Crippen molar-refractivity contribution < 1.29 is 19.4 Å². The van der Waals surface area contributed by atoms with Crippen molar-refractivity contribution >= 4 is 5.97 Å². The highest BCUT2D eigenvalue weighted by molar-refractivity contribution is 5.69. The van der Waals surface area contributed by atoms with Crippen LogP contribution >= 0.6 is 0 Å². The molecule has 1 atom stereocenters. The van der Waals surface area contributed by atoms with Crippen molar-refractivity contribution in [2.24, 2.45) is 0 Å². The van der Waals surface area contributed by atoms with Gasteiger partial charge in [0.2, 0.25) is 0 Å². The molecule has 2 heterocycles. The second-order valence-corrected chi connectivity index (χ2v) is 6.98. The lowest BCUT2D eigenvalue weighted by atomic mass is 9.82. The maximum absolute atomic E-state index is 11.2. The lowest BCUT2D eigenvalue weighted by Gasteiger charge is -2.49. The van der Waals surface area contributed by atoms with E-state index in [9.17, 15) is 9.90 Å². The Bertz CT molecular complexity index is 339. The van der Waals surface area contributed by atoms with Gasteiger partial charge in [0.1, 0.15) is 0 Å². The van der Waals surface area contributed by atoms with Crippen LogP contribution in [0.1, 0.15) is 46.5 Å². The van der Waals surface area contributed by atoms with Gasteiger partial charge in [0.05, 0.1) is 12.1 Å². The summed E-state index contributed by atoms with van der Waals surface area (Å²) in [4.78, 5) is 13.3. The Morgan fingerprint density at radius 3 is 2.50 bits per heavy atom. The number of hydrogen-bond acceptors (Lipinski definition) is 4. The van der Waals surface area contributed by atoms with Crippen molar-refractivity contribution in [3.63, 3.8) is 0 Å². The number of carboxylic acids is 1. The first-order chi connectivity index (χ1) is 9.32. The topological polar surface area (TPSA) is 59.0 Å². The van der Waals surface area contributed by atoms with Gasteiger partial charge in [-0.05, 0) is 46.5 Å². The molecule has 2 aliphatic heterocycles. The minimum absolute atomic E-state index is 0.0941. The van der Waals surface area contributed by atoms with Crippen molar-refractivity contribution in [3.05, 3.63) is 0 Å². The summed E-state index contributed by atoms with van der Waals surface area (Å²) in [5, 5.41) is 9.19. The standard InChI is InChI=1S/C15H27NO4/c1-14(2,3)16(11-13(17)18)12-4-7-20-15(10-12)5-8-19-9-6-15/h12H,4-11H2,1-3H3,(H,17,18). The Labute approximate surface area is 121 Å². The highest BCUT2D eigenvalue weighted by Crippen LogP contribution is 2.37. The van der Waals surface area contributed by atoms with Crippen LogP contribution in [0.25, 0.3) is 0 Å². The molecule has 20 heavy (non-hydrogen) atoms. The summed E-state index contributed by atoms with van der Waals surface area (Å²) in [6.45, 7) is 8.58. The molecule has 0 bridgehead atoms. The summed E-state index contributed by atoms with van der Waals surface area (Å²) in [7, 11) is 0. The summed E-state index contributed by atoms with van der Waals surface area (Å²) in [6.07, 6.45) is 3.68. The second-order valence-electron chi connectivity index (χ2n) is 6.98. The molecule has 2 fully saturated rings. The number of aliphatic carboxylic acids is 1. The molecule has 0 aliphatic carbocycles. The van der Waals surface area contributed by atoms with E-state index in [0.717, 1.165) is 45.5 Å². The van der Waals surface area contributed by atoms with Gasteiger partial charge in [-0.1, -0.05) is 0 Å². The summed E-state index contributed by atoms with van der Waals surface area (Å²) in [5.74, 6) is -0.757. The minimum atomic E-state index is -0.757. The van der Waals surface area contributed by atoms with Gasteiger partial charge < -0.3 is 14.6 Å². The largest absolute Gasteiger partial charge is 0.480 e. The molecule has 116 valence electrons. The van der Waals surface area contributed by atoms with E-state index in [1.165, 1.54) is 0 Å². The molecular formula is C15H27NO4. The summed E-state index contributed by atoms with van der Waals surface area (Å²) < 4.78 is 11.5. The molecule has 2 aliphatic rings. The van der Waals surface area contributed by atoms with Gasteiger partial charge in [0.25, 0.3) is 0 Å². The van der Waals surface area contributed by atoms with Crippen LogP contribution in [-0.4, -0.2) is 59.5 Å². The number of hydrogen-bond donors (Lipinski definition) is 1. The zero-order valence-corrected chi connectivity index (χ0v) is 12.9. The lowest BCUT2D eigenvalue weighted by Crippen LogP contribution is -2.57. The molecule has 2 saturated heterocycles. The van der Waals surface area contributed by atoms with E-state index in [2.05, 4.69) is 25.7 Å². The third kappa shape index (κ3) is 3.71. The number of rotatable bonds is 3. The molecule has 1 spiro atoms. The van der Waals surface area contributed by atoms with E-state index < -0.39 is 5.97 Å². The third-order valence-electron chi connectivity index (χ3n) is 4.48. The molecule has 1 unspecified atom stereocenters. The van der Waals surface area contributed by atoms with Gasteiger partial charge >= 0.3 is 5.97 Å². The van der Waals surface area contributed by atoms with Gasteiger partial charge in [-0.2, -0.15) is 0 Å². The molecule has 0 aromatic carbocycles. The first-order valence-corrected chi connectivity index (χ1v) is 7.53. The third-order valence-corrected chi connectivity index (χ3v) is 4.48. The van der Waals surface area contributed by atoms with Crippen LogP contribution in [0.5, 0.6) is 0 Å². The molecular weight excluding hydrogens is 258 g/mol. The van der Waals surface area contributed by atoms with E-state index in [0.29, 0.717) is 0 Å². The van der Waals surface area contributed by atoms with Crippen LogP contribution in [0.4, 0.5) is 0 Å². The van der Waals surface area contributed by atoms with E-state index in [1.54, 1.807) is 0 Å². The molecule has 2 rings (SSSR count). The molecule has 5 nitrogen and oxygen atoms in total. The smallest absolute Gasteiger partial charge is 0.317 e. The highest BCUT2D eigenvalue weighted by atomic mass is 16.5. The SMILES string of the molecule is CC(C)(C)N(CC(=O)O)C1CCOC2(CCOCC2)C1. The highest BCUT2D eigenvalue weighted by Gasteiger charge is 2.43. The fourth-order valence-corrected chi connectivity index (χ4v) is 3.42. The van der Waals surface area contributed by atoms with Crippen molar-refractivity contribution in [1.29, 1.82) is 0 Å². The number of carbonyl (C=O) groups is 1. The van der Waals surface area contributed by atoms with Crippen LogP contribution in [0.2, 0.25) is 0 Å². The molecule has 1 N–H and O–H groups in total. The average molecular weight is 285 g/mol. The number of carboxylic acid groups (broad SMARTS) is 1. The summed E-state index contributed by atoms with van der Waals surface area (Å²) >= 11 is 0. The Morgan fingerprint density at radius 1 is 1.30 bits per heavy atom. The van der Waals surface area contributed by atoms with Crippen LogP contribution in [0.15, 0.2) is 0 Å². The van der Waals surface area contributed by atoms with Crippen molar-refractivity contribution in [2.45, 2.75) is 63.6 Å². The first-order valence-electron chi connectivity index (χ1n) is 7.53. The predicted octanol–water partition coefficient (Wildman–Crippen LogP) is 1.90. The van der Waals surface area contributed by atoms with E-state index in [4.69, 9.17) is 9.47 Å².